The lowest BCUT2D eigenvalue weighted by Crippen LogP contribution is -2.20. The molecule has 0 bridgehead atoms. The van der Waals surface area contributed by atoms with Gasteiger partial charge in [0.15, 0.2) is 5.82 Å². The third-order valence-electron chi connectivity index (χ3n) is 2.85. The van der Waals surface area contributed by atoms with Crippen molar-refractivity contribution < 1.29 is 9.47 Å². The number of rotatable bonds is 8. The second kappa shape index (κ2) is 8.34. The number of hydrogen-bond acceptors (Lipinski definition) is 5. The average Bonchev–Trinajstić information content (AvgIpc) is 2.50. The quantitative estimate of drug-likeness (QED) is 0.754. The summed E-state index contributed by atoms with van der Waals surface area (Å²) in [6, 6.07) is 11.7. The second-order valence-electron chi connectivity index (χ2n) is 4.69. The molecule has 0 atom stereocenters. The Balaban J connectivity index is 1.91. The lowest BCUT2D eigenvalue weighted by Gasteiger charge is -2.08. The van der Waals surface area contributed by atoms with Crippen molar-refractivity contribution in [2.45, 2.75) is 20.1 Å². The molecule has 0 unspecified atom stereocenters. The molecule has 1 heterocycles. The van der Waals surface area contributed by atoms with Crippen LogP contribution < -0.4 is 10.1 Å². The number of nitrogens with one attached hydrogen (secondary N) is 1. The van der Waals surface area contributed by atoms with E-state index < -0.39 is 0 Å². The van der Waals surface area contributed by atoms with Crippen molar-refractivity contribution in [3.05, 3.63) is 53.6 Å². The van der Waals surface area contributed by atoms with Gasteiger partial charge in [0.1, 0.15) is 12.4 Å². The Kier molecular flexibility index (Phi) is 6.12. The van der Waals surface area contributed by atoms with Crippen molar-refractivity contribution in [3.8, 4) is 5.75 Å². The van der Waals surface area contributed by atoms with Crippen molar-refractivity contribution >= 4 is 0 Å². The van der Waals surface area contributed by atoms with Crippen LogP contribution in [0.15, 0.2) is 36.4 Å². The summed E-state index contributed by atoms with van der Waals surface area (Å²) in [5.74, 6) is 1.52. The fraction of sp³-hybridized carbons (Fsp3) is 0.375. The Bertz CT molecular complexity index is 546. The summed E-state index contributed by atoms with van der Waals surface area (Å²) in [6.07, 6.45) is 0. The molecule has 0 radical (unpaired) electrons. The molecule has 2 rings (SSSR count). The molecule has 0 aliphatic heterocycles. The van der Waals surface area contributed by atoms with E-state index in [0.717, 1.165) is 23.7 Å². The molecule has 2 aromatic rings. The molecule has 1 N–H and O–H groups in total. The third-order valence-corrected chi connectivity index (χ3v) is 2.85. The molecule has 0 saturated carbocycles. The molecule has 1 aromatic heterocycles. The van der Waals surface area contributed by atoms with Crippen molar-refractivity contribution in [2.75, 3.05) is 20.3 Å². The number of benzene rings is 1. The summed E-state index contributed by atoms with van der Waals surface area (Å²) in [4.78, 5) is 8.91. The van der Waals surface area contributed by atoms with Crippen LogP contribution in [0.4, 0.5) is 0 Å². The van der Waals surface area contributed by atoms with Crippen LogP contribution in [0.25, 0.3) is 0 Å². The fourth-order valence-electron chi connectivity index (χ4n) is 1.91. The van der Waals surface area contributed by atoms with Crippen molar-refractivity contribution in [1.29, 1.82) is 0 Å². The first-order valence-corrected chi connectivity index (χ1v) is 6.99. The Morgan fingerprint density at radius 1 is 1.14 bits per heavy atom. The van der Waals surface area contributed by atoms with E-state index in [0.29, 0.717) is 25.6 Å². The Labute approximate surface area is 125 Å². The molecule has 0 fully saturated rings. The predicted molar refractivity (Wildman–Crippen MR) is 81.1 cm³/mol. The number of hydrogen-bond donors (Lipinski definition) is 1. The summed E-state index contributed by atoms with van der Waals surface area (Å²) >= 11 is 0. The van der Waals surface area contributed by atoms with Gasteiger partial charge >= 0.3 is 0 Å². The van der Waals surface area contributed by atoms with Gasteiger partial charge in [0.25, 0.3) is 0 Å². The minimum Gasteiger partial charge on any atom is -0.486 e. The van der Waals surface area contributed by atoms with E-state index in [2.05, 4.69) is 15.3 Å². The minimum absolute atomic E-state index is 0.372. The van der Waals surface area contributed by atoms with Gasteiger partial charge < -0.3 is 14.8 Å². The lowest BCUT2D eigenvalue weighted by molar-refractivity contribution is 0.199. The summed E-state index contributed by atoms with van der Waals surface area (Å²) in [5, 5.41) is 3.27. The highest BCUT2D eigenvalue weighted by Crippen LogP contribution is 2.10. The van der Waals surface area contributed by atoms with E-state index in [9.17, 15) is 0 Å². The van der Waals surface area contributed by atoms with Crippen molar-refractivity contribution in [1.82, 2.24) is 15.3 Å². The summed E-state index contributed by atoms with van der Waals surface area (Å²) < 4.78 is 10.7. The molecule has 0 aliphatic carbocycles. The van der Waals surface area contributed by atoms with Crippen LogP contribution in [0.5, 0.6) is 5.75 Å². The predicted octanol–water partition coefficient (Wildman–Crippen LogP) is 2.10. The van der Waals surface area contributed by atoms with Gasteiger partial charge in [-0.25, -0.2) is 9.97 Å². The van der Waals surface area contributed by atoms with Crippen LogP contribution in [0.2, 0.25) is 0 Å². The van der Waals surface area contributed by atoms with Crippen LogP contribution >= 0.6 is 0 Å². The Morgan fingerprint density at radius 3 is 2.71 bits per heavy atom. The van der Waals surface area contributed by atoms with Crippen LogP contribution in [0.1, 0.15) is 17.2 Å². The van der Waals surface area contributed by atoms with E-state index in [4.69, 9.17) is 9.47 Å². The van der Waals surface area contributed by atoms with Crippen LogP contribution in [0.3, 0.4) is 0 Å². The van der Waals surface area contributed by atoms with Gasteiger partial charge in [0.2, 0.25) is 0 Å². The van der Waals surface area contributed by atoms with E-state index in [-0.39, 0.29) is 0 Å². The zero-order valence-corrected chi connectivity index (χ0v) is 12.5. The van der Waals surface area contributed by atoms with Gasteiger partial charge in [-0.15, -0.1) is 0 Å². The molecule has 0 saturated heterocycles. The average molecular weight is 287 g/mol. The number of aromatic nitrogens is 2. The molecule has 0 aliphatic rings. The molecule has 5 heteroatoms. The monoisotopic (exact) mass is 287 g/mol. The highest BCUT2D eigenvalue weighted by Gasteiger charge is 2.03. The highest BCUT2D eigenvalue weighted by molar-refractivity contribution is 5.21. The van der Waals surface area contributed by atoms with Crippen LogP contribution in [-0.2, 0) is 17.9 Å². The molecular formula is C16H21N3O2. The lowest BCUT2D eigenvalue weighted by atomic mass is 10.3. The topological polar surface area (TPSA) is 56.3 Å². The summed E-state index contributed by atoms with van der Waals surface area (Å²) in [7, 11) is 1.69. The van der Waals surface area contributed by atoms with Crippen molar-refractivity contribution in [2.24, 2.45) is 0 Å². The molecule has 0 amide bonds. The molecule has 1 aromatic carbocycles. The van der Waals surface area contributed by atoms with E-state index >= 15 is 0 Å². The second-order valence-corrected chi connectivity index (χ2v) is 4.69. The van der Waals surface area contributed by atoms with Gasteiger partial charge in [-0.2, -0.15) is 0 Å². The van der Waals surface area contributed by atoms with E-state index in [1.807, 2.05) is 43.3 Å². The molecule has 21 heavy (non-hydrogen) atoms. The van der Waals surface area contributed by atoms with Gasteiger partial charge in [-0.1, -0.05) is 18.2 Å². The molecule has 5 nitrogen and oxygen atoms in total. The van der Waals surface area contributed by atoms with Gasteiger partial charge in [0.05, 0.1) is 12.3 Å². The maximum atomic E-state index is 5.68. The summed E-state index contributed by atoms with van der Waals surface area (Å²) in [6.45, 7) is 4.53. The zero-order chi connectivity index (χ0) is 14.9. The first-order chi connectivity index (χ1) is 10.3. The highest BCUT2D eigenvalue weighted by atomic mass is 16.5. The fourth-order valence-corrected chi connectivity index (χ4v) is 1.91. The maximum absolute atomic E-state index is 5.68. The molecule has 0 spiro atoms. The van der Waals surface area contributed by atoms with Crippen LogP contribution in [0, 0.1) is 6.92 Å². The smallest absolute Gasteiger partial charge is 0.166 e. The normalized spacial score (nSPS) is 10.6. The number of nitrogens with zero attached hydrogens (tertiary/aromatic N) is 2. The number of aryl methyl sites for hydroxylation is 1. The molecular weight excluding hydrogens is 266 g/mol. The zero-order valence-electron chi connectivity index (χ0n) is 12.5. The third kappa shape index (κ3) is 5.49. The van der Waals surface area contributed by atoms with E-state index in [1.54, 1.807) is 7.11 Å². The number of para-hydroxylation sites is 1. The Morgan fingerprint density at radius 2 is 1.95 bits per heavy atom. The van der Waals surface area contributed by atoms with Gasteiger partial charge in [-0.3, -0.25) is 0 Å². The maximum Gasteiger partial charge on any atom is 0.166 e. The minimum atomic E-state index is 0.372. The van der Waals surface area contributed by atoms with Gasteiger partial charge in [-0.05, 0) is 25.1 Å². The van der Waals surface area contributed by atoms with E-state index in [1.165, 1.54) is 0 Å². The first kappa shape index (κ1) is 15.4. The SMILES string of the molecule is COCCNCc1cc(C)nc(COc2ccccc2)n1. The van der Waals surface area contributed by atoms with Crippen LogP contribution in [-0.4, -0.2) is 30.2 Å². The van der Waals surface area contributed by atoms with Gasteiger partial charge in [0, 0.05) is 25.9 Å². The molecule has 112 valence electrons. The summed E-state index contributed by atoms with van der Waals surface area (Å²) in [5.41, 5.74) is 1.91. The standard InChI is InChI=1S/C16H21N3O2/c1-13-10-14(11-17-8-9-20-2)19-16(18-13)12-21-15-6-4-3-5-7-15/h3-7,10,17H,8-9,11-12H2,1-2H3. The van der Waals surface area contributed by atoms with Crippen molar-refractivity contribution in [3.63, 3.8) is 0 Å². The number of ether oxygens (including phenoxy) is 2. The number of methoxy groups -OCH3 is 1. The first-order valence-electron chi connectivity index (χ1n) is 6.99. The Hall–Kier alpha value is -1.98. The largest absolute Gasteiger partial charge is 0.486 e.